The Labute approximate surface area is 195 Å². The molecule has 8 heteroatoms. The van der Waals surface area contributed by atoms with Gasteiger partial charge in [-0.05, 0) is 50.6 Å². The van der Waals surface area contributed by atoms with E-state index in [0.29, 0.717) is 42.8 Å². The molecule has 1 aromatic carbocycles. The third-order valence-corrected chi connectivity index (χ3v) is 8.17. The Bertz CT molecular complexity index is 789. The lowest BCUT2D eigenvalue weighted by Gasteiger charge is -2.60. The Morgan fingerprint density at radius 1 is 1.16 bits per heavy atom. The first-order valence-corrected chi connectivity index (χ1v) is 12.1. The van der Waals surface area contributed by atoms with Crippen LogP contribution in [0.25, 0.3) is 0 Å². The van der Waals surface area contributed by atoms with E-state index in [4.69, 9.17) is 27.9 Å². The Morgan fingerprint density at radius 3 is 2.65 bits per heavy atom. The summed E-state index contributed by atoms with van der Waals surface area (Å²) in [4.78, 5) is 20.5. The largest absolute Gasteiger partial charge is 0.395 e. The van der Waals surface area contributed by atoms with Gasteiger partial charge in [-0.25, -0.2) is 0 Å². The van der Waals surface area contributed by atoms with Crippen LogP contribution < -0.4 is 0 Å². The minimum atomic E-state index is -0.346. The second kappa shape index (κ2) is 9.94. The number of likely N-dealkylation sites (tertiary alicyclic amines) is 1. The molecule has 1 aromatic rings. The number of fused-ring (bicyclic) bond motifs is 1. The number of piperazine rings is 1. The van der Waals surface area contributed by atoms with Crippen LogP contribution in [0.15, 0.2) is 18.2 Å². The molecule has 3 heterocycles. The maximum Gasteiger partial charge on any atom is 0.227 e. The standard InChI is InChI=1S/C23H33Cl2N3O3/c1-23-18(14-26-6-2-3-7-26)15-31-16-21(23)27(10-11-29)8-9-28(23)22(30)13-17-4-5-19(24)20(25)12-17/h4-5,12,18,21,29H,2-3,6-11,13-16H2,1H3. The maximum absolute atomic E-state index is 13.6. The summed E-state index contributed by atoms with van der Waals surface area (Å²) >= 11 is 12.2. The number of hydrogen-bond donors (Lipinski definition) is 1. The summed E-state index contributed by atoms with van der Waals surface area (Å²) in [5, 5.41) is 10.6. The number of carbonyl (C=O) groups is 1. The molecular weight excluding hydrogens is 437 g/mol. The summed E-state index contributed by atoms with van der Waals surface area (Å²) in [5.41, 5.74) is 0.530. The molecule has 172 valence electrons. The second-order valence-corrected chi connectivity index (χ2v) is 10.0. The van der Waals surface area contributed by atoms with Crippen molar-refractivity contribution in [1.29, 1.82) is 0 Å². The van der Waals surface area contributed by atoms with Crippen LogP contribution in [0.1, 0.15) is 25.3 Å². The molecule has 0 aromatic heterocycles. The summed E-state index contributed by atoms with van der Waals surface area (Å²) in [6.45, 7) is 8.78. The third kappa shape index (κ3) is 4.75. The van der Waals surface area contributed by atoms with E-state index >= 15 is 0 Å². The quantitative estimate of drug-likeness (QED) is 0.693. The van der Waals surface area contributed by atoms with Crippen LogP contribution >= 0.6 is 23.2 Å². The molecule has 1 amide bonds. The molecule has 1 N–H and O–H groups in total. The lowest BCUT2D eigenvalue weighted by atomic mass is 9.73. The first-order valence-electron chi connectivity index (χ1n) is 11.3. The molecule has 0 radical (unpaired) electrons. The fourth-order valence-electron chi connectivity index (χ4n) is 5.66. The van der Waals surface area contributed by atoms with Gasteiger partial charge in [-0.1, -0.05) is 29.3 Å². The summed E-state index contributed by atoms with van der Waals surface area (Å²) < 4.78 is 6.06. The van der Waals surface area contributed by atoms with Crippen molar-refractivity contribution in [3.05, 3.63) is 33.8 Å². The van der Waals surface area contributed by atoms with Crippen molar-refractivity contribution in [2.45, 2.75) is 37.8 Å². The highest BCUT2D eigenvalue weighted by Gasteiger charge is 2.54. The molecule has 3 unspecified atom stereocenters. The molecule has 0 spiro atoms. The number of aliphatic hydroxyl groups is 1. The first kappa shape index (κ1) is 23.3. The minimum Gasteiger partial charge on any atom is -0.395 e. The smallest absolute Gasteiger partial charge is 0.227 e. The zero-order valence-electron chi connectivity index (χ0n) is 18.2. The highest BCUT2D eigenvalue weighted by Crippen LogP contribution is 2.39. The number of benzene rings is 1. The molecule has 3 aliphatic rings. The first-order chi connectivity index (χ1) is 14.9. The molecule has 4 rings (SSSR count). The number of rotatable bonds is 6. The van der Waals surface area contributed by atoms with Crippen LogP contribution in [0.3, 0.4) is 0 Å². The van der Waals surface area contributed by atoms with Crippen LogP contribution in [0, 0.1) is 5.92 Å². The van der Waals surface area contributed by atoms with E-state index in [1.165, 1.54) is 12.8 Å². The van der Waals surface area contributed by atoms with E-state index in [2.05, 4.69) is 21.6 Å². The van der Waals surface area contributed by atoms with E-state index < -0.39 is 0 Å². The van der Waals surface area contributed by atoms with Gasteiger partial charge in [-0.15, -0.1) is 0 Å². The van der Waals surface area contributed by atoms with E-state index in [1.54, 1.807) is 12.1 Å². The third-order valence-electron chi connectivity index (χ3n) is 7.43. The topological polar surface area (TPSA) is 56.2 Å². The van der Waals surface area contributed by atoms with Gasteiger partial charge < -0.3 is 19.6 Å². The number of hydrogen-bond acceptors (Lipinski definition) is 5. The Hall–Kier alpha value is -0.890. The predicted molar refractivity (Wildman–Crippen MR) is 123 cm³/mol. The molecule has 0 saturated carbocycles. The predicted octanol–water partition coefficient (Wildman–Crippen LogP) is 2.54. The van der Waals surface area contributed by atoms with E-state index in [0.717, 1.165) is 31.7 Å². The fourth-order valence-corrected chi connectivity index (χ4v) is 5.98. The van der Waals surface area contributed by atoms with Gasteiger partial charge in [0.15, 0.2) is 0 Å². The molecule has 3 aliphatic heterocycles. The van der Waals surface area contributed by atoms with Crippen molar-refractivity contribution in [1.82, 2.24) is 14.7 Å². The molecule has 3 saturated heterocycles. The van der Waals surface area contributed by atoms with Crippen LogP contribution in [-0.4, -0.2) is 96.4 Å². The monoisotopic (exact) mass is 469 g/mol. The SMILES string of the molecule is CC12C(CN3CCCC3)COCC1N(CCO)CCN2C(=O)Cc1ccc(Cl)c(Cl)c1. The Balaban J connectivity index is 1.59. The van der Waals surface area contributed by atoms with Gasteiger partial charge in [-0.2, -0.15) is 0 Å². The number of amides is 1. The number of aliphatic hydroxyl groups excluding tert-OH is 1. The van der Waals surface area contributed by atoms with Crippen molar-refractivity contribution in [2.24, 2.45) is 5.92 Å². The fraction of sp³-hybridized carbons (Fsp3) is 0.696. The van der Waals surface area contributed by atoms with E-state index in [1.807, 2.05) is 6.07 Å². The molecule has 6 nitrogen and oxygen atoms in total. The Kier molecular flexibility index (Phi) is 7.46. The van der Waals surface area contributed by atoms with E-state index in [-0.39, 0.29) is 30.0 Å². The average molecular weight is 470 g/mol. The molecule has 0 aliphatic carbocycles. The van der Waals surface area contributed by atoms with Crippen molar-refractivity contribution < 1.29 is 14.6 Å². The lowest BCUT2D eigenvalue weighted by molar-refractivity contribution is -0.175. The van der Waals surface area contributed by atoms with Crippen molar-refractivity contribution in [2.75, 3.05) is 59.1 Å². The summed E-state index contributed by atoms with van der Waals surface area (Å²) in [7, 11) is 0. The average Bonchev–Trinajstić information content (AvgIpc) is 3.25. The van der Waals surface area contributed by atoms with Crippen molar-refractivity contribution >= 4 is 29.1 Å². The van der Waals surface area contributed by atoms with E-state index in [9.17, 15) is 9.90 Å². The number of β-amino-alcohol motifs (C(OH)–C–C–N with tert-alkyl or cyclic N) is 1. The van der Waals surface area contributed by atoms with Gasteiger partial charge in [0.25, 0.3) is 0 Å². The molecule has 0 bridgehead atoms. The van der Waals surface area contributed by atoms with Crippen LogP contribution in [0.2, 0.25) is 10.0 Å². The number of ether oxygens (including phenoxy) is 1. The highest BCUT2D eigenvalue weighted by atomic mass is 35.5. The van der Waals surface area contributed by atoms with Crippen LogP contribution in [0.4, 0.5) is 0 Å². The van der Waals surface area contributed by atoms with Crippen molar-refractivity contribution in [3.63, 3.8) is 0 Å². The second-order valence-electron chi connectivity index (χ2n) is 9.21. The Morgan fingerprint density at radius 2 is 1.94 bits per heavy atom. The summed E-state index contributed by atoms with van der Waals surface area (Å²) in [6, 6.07) is 5.49. The van der Waals surface area contributed by atoms with Gasteiger partial charge in [0.2, 0.25) is 5.91 Å². The van der Waals surface area contributed by atoms with Gasteiger partial charge >= 0.3 is 0 Å². The summed E-state index contributed by atoms with van der Waals surface area (Å²) in [6.07, 6.45) is 2.78. The zero-order valence-corrected chi connectivity index (χ0v) is 19.7. The van der Waals surface area contributed by atoms with Gasteiger partial charge in [0.1, 0.15) is 0 Å². The minimum absolute atomic E-state index is 0.0764. The summed E-state index contributed by atoms with van der Waals surface area (Å²) in [5.74, 6) is 0.339. The molecular formula is C23H33Cl2N3O3. The number of halogens is 2. The maximum atomic E-state index is 13.6. The van der Waals surface area contributed by atoms with Crippen LogP contribution in [-0.2, 0) is 16.0 Å². The molecule has 3 atom stereocenters. The van der Waals surface area contributed by atoms with Crippen LogP contribution in [0.5, 0.6) is 0 Å². The normalized spacial score (nSPS) is 29.9. The van der Waals surface area contributed by atoms with Gasteiger partial charge in [0.05, 0.1) is 47.9 Å². The lowest BCUT2D eigenvalue weighted by Crippen LogP contribution is -2.75. The highest BCUT2D eigenvalue weighted by molar-refractivity contribution is 6.42. The van der Waals surface area contributed by atoms with Gasteiger partial charge in [-0.3, -0.25) is 9.69 Å². The zero-order chi connectivity index (χ0) is 22.0. The van der Waals surface area contributed by atoms with Gasteiger partial charge in [0, 0.05) is 32.1 Å². The van der Waals surface area contributed by atoms with Crippen molar-refractivity contribution in [3.8, 4) is 0 Å². The molecule has 3 fully saturated rings. The number of nitrogens with zero attached hydrogens (tertiary/aromatic N) is 3. The molecule has 31 heavy (non-hydrogen) atoms. The number of carbonyl (C=O) groups excluding carboxylic acids is 1.